The molecule has 0 unspecified atom stereocenters. The van der Waals surface area contributed by atoms with Gasteiger partial charge < -0.3 is 0 Å². The quantitative estimate of drug-likeness (QED) is 0.310. The van der Waals surface area contributed by atoms with Crippen LogP contribution in [0.5, 0.6) is 0 Å². The summed E-state index contributed by atoms with van der Waals surface area (Å²) in [5.41, 5.74) is 6.26. The van der Waals surface area contributed by atoms with Gasteiger partial charge in [0.25, 0.3) is 0 Å². The highest BCUT2D eigenvalue weighted by Gasteiger charge is 2.00. The Kier molecular flexibility index (Phi) is 6.02. The molecule has 0 aliphatic rings. The molecule has 0 saturated heterocycles. The maximum absolute atomic E-state index is 11.6. The molecular formula is C26H22O. The minimum Gasteiger partial charge on any atom is -0.289 e. The SMILES string of the molecule is C=CC(=O)c1ccc(C#Cc2ccc(-c3ccc(CCC)cc3)cc2)cc1. The lowest BCUT2D eigenvalue weighted by molar-refractivity contribution is 0.104. The average molecular weight is 350 g/mol. The van der Waals surface area contributed by atoms with Gasteiger partial charge in [0, 0.05) is 16.7 Å². The number of allylic oxidation sites excluding steroid dienone is 1. The van der Waals surface area contributed by atoms with Crippen molar-refractivity contribution in [3.05, 3.63) is 108 Å². The summed E-state index contributed by atoms with van der Waals surface area (Å²) in [6, 6.07) is 24.3. The lowest BCUT2D eigenvalue weighted by Crippen LogP contribution is -1.92. The summed E-state index contributed by atoms with van der Waals surface area (Å²) < 4.78 is 0. The zero-order chi connectivity index (χ0) is 19.1. The van der Waals surface area contributed by atoms with Crippen molar-refractivity contribution < 1.29 is 4.79 Å². The number of carbonyl (C=O) groups is 1. The molecule has 3 aromatic rings. The third-order valence-electron chi connectivity index (χ3n) is 4.42. The first-order valence-corrected chi connectivity index (χ1v) is 9.18. The van der Waals surface area contributed by atoms with Crippen LogP contribution in [-0.2, 0) is 6.42 Å². The molecule has 0 heterocycles. The molecule has 0 atom stereocenters. The smallest absolute Gasteiger partial charge is 0.185 e. The van der Waals surface area contributed by atoms with Crippen molar-refractivity contribution in [3.63, 3.8) is 0 Å². The average Bonchev–Trinajstić information content (AvgIpc) is 2.73. The van der Waals surface area contributed by atoms with Crippen molar-refractivity contribution in [1.82, 2.24) is 0 Å². The summed E-state index contributed by atoms with van der Waals surface area (Å²) in [6.45, 7) is 5.70. The van der Waals surface area contributed by atoms with E-state index in [1.54, 1.807) is 12.1 Å². The van der Waals surface area contributed by atoms with Crippen molar-refractivity contribution >= 4 is 5.78 Å². The van der Waals surface area contributed by atoms with E-state index in [9.17, 15) is 4.79 Å². The molecular weight excluding hydrogens is 328 g/mol. The van der Waals surface area contributed by atoms with Crippen molar-refractivity contribution in [2.75, 3.05) is 0 Å². The maximum Gasteiger partial charge on any atom is 0.185 e. The number of rotatable bonds is 5. The highest BCUT2D eigenvalue weighted by molar-refractivity contribution is 6.04. The van der Waals surface area contributed by atoms with Crippen LogP contribution in [0, 0.1) is 11.8 Å². The van der Waals surface area contributed by atoms with E-state index in [1.807, 2.05) is 24.3 Å². The second-order valence-corrected chi connectivity index (χ2v) is 6.42. The van der Waals surface area contributed by atoms with Gasteiger partial charge in [0.15, 0.2) is 5.78 Å². The summed E-state index contributed by atoms with van der Waals surface area (Å²) in [5, 5.41) is 0. The maximum atomic E-state index is 11.6. The Labute approximate surface area is 161 Å². The molecule has 1 heteroatoms. The van der Waals surface area contributed by atoms with Gasteiger partial charge in [-0.05, 0) is 65.6 Å². The van der Waals surface area contributed by atoms with Crippen LogP contribution >= 0.6 is 0 Å². The van der Waals surface area contributed by atoms with Gasteiger partial charge in [-0.1, -0.05) is 68.2 Å². The molecule has 27 heavy (non-hydrogen) atoms. The van der Waals surface area contributed by atoms with E-state index < -0.39 is 0 Å². The van der Waals surface area contributed by atoms with Gasteiger partial charge in [0.1, 0.15) is 0 Å². The van der Waals surface area contributed by atoms with E-state index in [-0.39, 0.29) is 5.78 Å². The Hall–Kier alpha value is -3.37. The molecule has 1 nitrogen and oxygen atoms in total. The first-order valence-electron chi connectivity index (χ1n) is 9.18. The van der Waals surface area contributed by atoms with Gasteiger partial charge in [-0.3, -0.25) is 4.79 Å². The van der Waals surface area contributed by atoms with Gasteiger partial charge in [-0.25, -0.2) is 0 Å². The van der Waals surface area contributed by atoms with Crippen LogP contribution in [0.25, 0.3) is 11.1 Å². The molecule has 0 N–H and O–H groups in total. The molecule has 3 rings (SSSR count). The van der Waals surface area contributed by atoms with E-state index >= 15 is 0 Å². The van der Waals surface area contributed by atoms with Crippen LogP contribution < -0.4 is 0 Å². The van der Waals surface area contributed by atoms with Crippen LogP contribution in [-0.4, -0.2) is 5.78 Å². The molecule has 132 valence electrons. The number of hydrogen-bond acceptors (Lipinski definition) is 1. The van der Waals surface area contributed by atoms with E-state index in [4.69, 9.17) is 0 Å². The molecule has 0 radical (unpaired) electrons. The second-order valence-electron chi connectivity index (χ2n) is 6.42. The summed E-state index contributed by atoms with van der Waals surface area (Å²) in [7, 11) is 0. The van der Waals surface area contributed by atoms with Crippen LogP contribution in [0.15, 0.2) is 85.5 Å². The number of ketones is 1. The molecule has 0 spiro atoms. The largest absolute Gasteiger partial charge is 0.289 e. The Bertz CT molecular complexity index is 979. The van der Waals surface area contributed by atoms with E-state index in [0.29, 0.717) is 5.56 Å². The van der Waals surface area contributed by atoms with E-state index in [0.717, 1.165) is 17.5 Å². The first kappa shape index (κ1) is 18.4. The lowest BCUT2D eigenvalue weighted by Gasteiger charge is -2.04. The third kappa shape index (κ3) is 4.84. The van der Waals surface area contributed by atoms with Crippen molar-refractivity contribution in [1.29, 1.82) is 0 Å². The number of benzene rings is 3. The summed E-state index contributed by atoms with van der Waals surface area (Å²) >= 11 is 0. The molecule has 0 fully saturated rings. The van der Waals surface area contributed by atoms with Gasteiger partial charge in [-0.2, -0.15) is 0 Å². The summed E-state index contributed by atoms with van der Waals surface area (Å²) in [4.78, 5) is 11.6. The number of carbonyl (C=O) groups excluding carboxylic acids is 1. The molecule has 3 aromatic carbocycles. The Morgan fingerprint density at radius 2 is 1.30 bits per heavy atom. The molecule has 0 saturated carbocycles. The fourth-order valence-electron chi connectivity index (χ4n) is 2.88. The molecule has 0 aliphatic heterocycles. The number of aryl methyl sites for hydroxylation is 1. The first-order chi connectivity index (χ1) is 13.2. The van der Waals surface area contributed by atoms with Crippen molar-refractivity contribution in [2.24, 2.45) is 0 Å². The Morgan fingerprint density at radius 3 is 1.78 bits per heavy atom. The topological polar surface area (TPSA) is 17.1 Å². The number of hydrogen-bond donors (Lipinski definition) is 0. The van der Waals surface area contributed by atoms with Gasteiger partial charge in [-0.15, -0.1) is 0 Å². The Morgan fingerprint density at radius 1 is 0.815 bits per heavy atom. The van der Waals surface area contributed by atoms with Crippen LogP contribution in [0.4, 0.5) is 0 Å². The van der Waals surface area contributed by atoms with Gasteiger partial charge in [0.2, 0.25) is 0 Å². The summed E-state index contributed by atoms with van der Waals surface area (Å²) in [6.07, 6.45) is 3.61. The van der Waals surface area contributed by atoms with Gasteiger partial charge >= 0.3 is 0 Å². The zero-order valence-electron chi connectivity index (χ0n) is 15.5. The molecule has 0 bridgehead atoms. The summed E-state index contributed by atoms with van der Waals surface area (Å²) in [5.74, 6) is 6.24. The predicted molar refractivity (Wildman–Crippen MR) is 113 cm³/mol. The van der Waals surface area contributed by atoms with E-state index in [2.05, 4.69) is 61.7 Å². The fraction of sp³-hybridized carbons (Fsp3) is 0.115. The standard InChI is InChI=1S/C26H22O/c1-3-5-20-8-14-23(15-9-20)24-16-10-21(11-17-24)6-7-22-12-18-25(19-13-22)26(27)4-2/h4,8-19H,2-3,5H2,1H3. The Balaban J connectivity index is 1.72. The normalized spacial score (nSPS) is 9.96. The zero-order valence-corrected chi connectivity index (χ0v) is 15.5. The van der Waals surface area contributed by atoms with Crippen LogP contribution in [0.3, 0.4) is 0 Å². The minimum absolute atomic E-state index is 0.0761. The minimum atomic E-state index is -0.0761. The van der Waals surface area contributed by atoms with Crippen molar-refractivity contribution in [2.45, 2.75) is 19.8 Å². The molecule has 0 aliphatic carbocycles. The highest BCUT2D eigenvalue weighted by Crippen LogP contribution is 2.20. The van der Waals surface area contributed by atoms with Crippen molar-refractivity contribution in [3.8, 4) is 23.0 Å². The molecule has 0 amide bonds. The molecule has 0 aromatic heterocycles. The third-order valence-corrected chi connectivity index (χ3v) is 4.42. The predicted octanol–water partition coefficient (Wildman–Crippen LogP) is 6.07. The highest BCUT2D eigenvalue weighted by atomic mass is 16.1. The second kappa shape index (κ2) is 8.83. The van der Waals surface area contributed by atoms with Gasteiger partial charge in [0.05, 0.1) is 0 Å². The van der Waals surface area contributed by atoms with Crippen LogP contribution in [0.2, 0.25) is 0 Å². The fourth-order valence-corrected chi connectivity index (χ4v) is 2.88. The van der Waals surface area contributed by atoms with E-state index in [1.165, 1.54) is 29.2 Å². The lowest BCUT2D eigenvalue weighted by atomic mass is 10.0. The van der Waals surface area contributed by atoms with Crippen LogP contribution in [0.1, 0.15) is 40.4 Å². The monoisotopic (exact) mass is 350 g/mol.